The van der Waals surface area contributed by atoms with Crippen LogP contribution in [0.4, 0.5) is 0 Å². The van der Waals surface area contributed by atoms with E-state index in [0.717, 1.165) is 25.9 Å². The Hall–Kier alpha value is -0.410. The Morgan fingerprint density at radius 1 is 1.10 bits per heavy atom. The highest BCUT2D eigenvalue weighted by molar-refractivity contribution is 5.81. The third kappa shape index (κ3) is 5.71. The maximum atomic E-state index is 12.3. The van der Waals surface area contributed by atoms with Crippen molar-refractivity contribution in [3.05, 3.63) is 0 Å². The van der Waals surface area contributed by atoms with Crippen LogP contribution in [0.5, 0.6) is 0 Å². The molecule has 122 valence electrons. The van der Waals surface area contributed by atoms with Gasteiger partial charge in [0.25, 0.3) is 0 Å². The topological polar surface area (TPSA) is 32.3 Å². The summed E-state index contributed by atoms with van der Waals surface area (Å²) in [5, 5.41) is 3.41. The van der Waals surface area contributed by atoms with Gasteiger partial charge in [0.2, 0.25) is 0 Å². The van der Waals surface area contributed by atoms with E-state index in [1.54, 1.807) is 0 Å². The average molecular weight is 294 g/mol. The fourth-order valence-corrected chi connectivity index (χ4v) is 3.96. The van der Waals surface area contributed by atoms with Crippen LogP contribution in [0.3, 0.4) is 0 Å². The number of carbonyl (C=O) groups is 1. The summed E-state index contributed by atoms with van der Waals surface area (Å²) < 4.78 is 0. The lowest BCUT2D eigenvalue weighted by molar-refractivity contribution is -0.123. The molecular weight excluding hydrogens is 260 g/mol. The molecule has 2 rings (SSSR count). The minimum atomic E-state index is 0.312. The van der Waals surface area contributed by atoms with Crippen molar-refractivity contribution in [1.29, 1.82) is 0 Å². The molecule has 2 saturated heterocycles. The van der Waals surface area contributed by atoms with Gasteiger partial charge in [-0.3, -0.25) is 4.79 Å². The molecule has 1 N–H and O–H groups in total. The van der Waals surface area contributed by atoms with Crippen LogP contribution in [0.2, 0.25) is 0 Å². The van der Waals surface area contributed by atoms with Gasteiger partial charge in [0, 0.05) is 18.9 Å². The fourth-order valence-electron chi connectivity index (χ4n) is 3.96. The van der Waals surface area contributed by atoms with Crippen molar-refractivity contribution >= 4 is 5.78 Å². The number of unbranched alkanes of at least 4 members (excludes halogenated alkanes) is 2. The van der Waals surface area contributed by atoms with Crippen LogP contribution in [0, 0.1) is 11.8 Å². The first-order valence-corrected chi connectivity index (χ1v) is 9.27. The lowest BCUT2D eigenvalue weighted by Gasteiger charge is -2.26. The van der Waals surface area contributed by atoms with Crippen molar-refractivity contribution in [3.8, 4) is 0 Å². The van der Waals surface area contributed by atoms with Gasteiger partial charge >= 0.3 is 0 Å². The first-order valence-electron chi connectivity index (χ1n) is 9.27. The molecule has 3 nitrogen and oxygen atoms in total. The molecule has 2 heterocycles. The molecule has 2 fully saturated rings. The summed E-state index contributed by atoms with van der Waals surface area (Å²) >= 11 is 0. The molecule has 0 aromatic rings. The standard InChI is InChI=1S/C18H34N2O/c1-2-9-16-14-19-15-17(16)18(21)10-5-3-6-11-20-12-7-4-8-13-20/h16-17,19H,2-15H2,1H3/t16-,17?/m0/s1. The molecule has 21 heavy (non-hydrogen) atoms. The number of carbonyl (C=O) groups excluding carboxylic acids is 1. The first kappa shape index (κ1) is 17.0. The quantitative estimate of drug-likeness (QED) is 0.663. The third-order valence-electron chi connectivity index (χ3n) is 5.26. The normalized spacial score (nSPS) is 27.1. The van der Waals surface area contributed by atoms with E-state index in [-0.39, 0.29) is 0 Å². The predicted octanol–water partition coefficient (Wildman–Crippen LogP) is 3.24. The van der Waals surface area contributed by atoms with E-state index < -0.39 is 0 Å². The molecule has 0 bridgehead atoms. The van der Waals surface area contributed by atoms with Crippen molar-refractivity contribution in [3.63, 3.8) is 0 Å². The molecule has 3 heteroatoms. The largest absolute Gasteiger partial charge is 0.316 e. The molecule has 2 atom stereocenters. The van der Waals surface area contributed by atoms with E-state index in [1.165, 1.54) is 64.6 Å². The predicted molar refractivity (Wildman–Crippen MR) is 88.5 cm³/mol. The lowest BCUT2D eigenvalue weighted by atomic mass is 9.86. The van der Waals surface area contributed by atoms with E-state index >= 15 is 0 Å². The summed E-state index contributed by atoms with van der Waals surface area (Å²) in [6.07, 6.45) is 11.0. The highest BCUT2D eigenvalue weighted by atomic mass is 16.1. The second-order valence-electron chi connectivity index (χ2n) is 6.99. The SMILES string of the molecule is CCC[C@H]1CNCC1C(=O)CCCCCN1CCCCC1. The number of Topliss-reactive ketones (excluding diaryl/α,β-unsaturated/α-hetero) is 1. The number of rotatable bonds is 9. The summed E-state index contributed by atoms with van der Waals surface area (Å²) in [5.74, 6) is 1.44. The Kier molecular flexibility index (Phi) is 7.73. The molecule has 0 spiro atoms. The molecule has 2 aliphatic heterocycles. The second kappa shape index (κ2) is 9.58. The van der Waals surface area contributed by atoms with Crippen LogP contribution in [-0.2, 0) is 4.79 Å². The maximum Gasteiger partial charge on any atom is 0.137 e. The Labute approximate surface area is 130 Å². The van der Waals surface area contributed by atoms with Crippen molar-refractivity contribution in [2.24, 2.45) is 11.8 Å². The van der Waals surface area contributed by atoms with Crippen LogP contribution >= 0.6 is 0 Å². The minimum Gasteiger partial charge on any atom is -0.316 e. The fraction of sp³-hybridized carbons (Fsp3) is 0.944. The Bertz CT molecular complexity index is 300. The Morgan fingerprint density at radius 2 is 1.90 bits per heavy atom. The van der Waals surface area contributed by atoms with Crippen molar-refractivity contribution in [1.82, 2.24) is 10.2 Å². The van der Waals surface area contributed by atoms with Gasteiger partial charge in [-0.25, -0.2) is 0 Å². The van der Waals surface area contributed by atoms with Gasteiger partial charge in [0.05, 0.1) is 0 Å². The van der Waals surface area contributed by atoms with Crippen molar-refractivity contribution < 1.29 is 4.79 Å². The summed E-state index contributed by atoms with van der Waals surface area (Å²) in [4.78, 5) is 14.9. The van der Waals surface area contributed by atoms with Gasteiger partial charge in [-0.15, -0.1) is 0 Å². The molecule has 0 saturated carbocycles. The zero-order valence-electron chi connectivity index (χ0n) is 13.9. The summed E-state index contributed by atoms with van der Waals surface area (Å²) in [6, 6.07) is 0. The number of hydrogen-bond donors (Lipinski definition) is 1. The number of hydrogen-bond acceptors (Lipinski definition) is 3. The van der Waals surface area contributed by atoms with Gasteiger partial charge in [0.1, 0.15) is 5.78 Å². The monoisotopic (exact) mass is 294 g/mol. The molecule has 2 aliphatic rings. The zero-order chi connectivity index (χ0) is 14.9. The molecule has 0 amide bonds. The van der Waals surface area contributed by atoms with Crippen LogP contribution in [-0.4, -0.2) is 43.4 Å². The maximum absolute atomic E-state index is 12.3. The number of nitrogens with zero attached hydrogens (tertiary/aromatic N) is 1. The molecule has 0 aromatic heterocycles. The molecule has 0 radical (unpaired) electrons. The lowest BCUT2D eigenvalue weighted by Crippen LogP contribution is -2.30. The number of nitrogens with one attached hydrogen (secondary N) is 1. The van der Waals surface area contributed by atoms with E-state index in [9.17, 15) is 4.79 Å². The van der Waals surface area contributed by atoms with Gasteiger partial charge in [0.15, 0.2) is 0 Å². The number of piperidine rings is 1. The van der Waals surface area contributed by atoms with Crippen molar-refractivity contribution in [2.75, 3.05) is 32.7 Å². The second-order valence-corrected chi connectivity index (χ2v) is 6.99. The smallest absolute Gasteiger partial charge is 0.137 e. The van der Waals surface area contributed by atoms with Crippen LogP contribution < -0.4 is 5.32 Å². The highest BCUT2D eigenvalue weighted by Gasteiger charge is 2.31. The van der Waals surface area contributed by atoms with Gasteiger partial charge in [-0.05, 0) is 64.2 Å². The average Bonchev–Trinajstić information content (AvgIpc) is 2.96. The number of likely N-dealkylation sites (tertiary alicyclic amines) is 1. The van der Waals surface area contributed by atoms with E-state index in [4.69, 9.17) is 0 Å². The van der Waals surface area contributed by atoms with Gasteiger partial charge in [-0.1, -0.05) is 26.2 Å². The molecular formula is C18H34N2O. The summed E-state index contributed by atoms with van der Waals surface area (Å²) in [7, 11) is 0. The van der Waals surface area contributed by atoms with Gasteiger partial charge < -0.3 is 10.2 Å². The minimum absolute atomic E-state index is 0.312. The molecule has 0 aliphatic carbocycles. The van der Waals surface area contributed by atoms with Crippen LogP contribution in [0.15, 0.2) is 0 Å². The highest BCUT2D eigenvalue weighted by Crippen LogP contribution is 2.24. The molecule has 1 unspecified atom stereocenters. The third-order valence-corrected chi connectivity index (χ3v) is 5.26. The van der Waals surface area contributed by atoms with Crippen LogP contribution in [0.1, 0.15) is 64.7 Å². The Morgan fingerprint density at radius 3 is 2.67 bits per heavy atom. The molecule has 0 aromatic carbocycles. The van der Waals surface area contributed by atoms with Crippen LogP contribution in [0.25, 0.3) is 0 Å². The zero-order valence-corrected chi connectivity index (χ0v) is 13.9. The summed E-state index contributed by atoms with van der Waals surface area (Å²) in [5.41, 5.74) is 0. The summed E-state index contributed by atoms with van der Waals surface area (Å²) in [6.45, 7) is 8.05. The van der Waals surface area contributed by atoms with Crippen molar-refractivity contribution in [2.45, 2.75) is 64.7 Å². The Balaban J connectivity index is 1.54. The van der Waals surface area contributed by atoms with E-state index in [2.05, 4.69) is 17.1 Å². The number of ketones is 1. The van der Waals surface area contributed by atoms with E-state index in [0.29, 0.717) is 17.6 Å². The van der Waals surface area contributed by atoms with E-state index in [1.807, 2.05) is 0 Å². The first-order chi connectivity index (χ1) is 10.3. The van der Waals surface area contributed by atoms with Gasteiger partial charge in [-0.2, -0.15) is 0 Å².